The topological polar surface area (TPSA) is 15.3 Å². The Balaban J connectivity index is 2.00. The summed E-state index contributed by atoms with van der Waals surface area (Å²) >= 11 is 0. The van der Waals surface area contributed by atoms with Crippen LogP contribution in [0.3, 0.4) is 0 Å². The van der Waals surface area contributed by atoms with Gasteiger partial charge in [-0.05, 0) is 30.5 Å². The highest BCUT2D eigenvalue weighted by molar-refractivity contribution is 5.25. The standard InChI is InChI=1S/C16H25FN2/c1-12(2)18-9-14-4-5-16(17)15(8-14)11-19-7-6-13(3)10-19/h4-5,8,12-13,18H,6-7,9-11H2,1-3H3. The van der Waals surface area contributed by atoms with Crippen LogP contribution in [0.4, 0.5) is 4.39 Å². The SMILES string of the molecule is CC1CCN(Cc2cc(CNC(C)C)ccc2F)C1. The van der Waals surface area contributed by atoms with Crippen LogP contribution in [-0.4, -0.2) is 24.0 Å². The Morgan fingerprint density at radius 1 is 1.42 bits per heavy atom. The van der Waals surface area contributed by atoms with Crippen LogP contribution >= 0.6 is 0 Å². The summed E-state index contributed by atoms with van der Waals surface area (Å²) in [5.41, 5.74) is 1.99. The number of rotatable bonds is 5. The lowest BCUT2D eigenvalue weighted by atomic mass is 10.1. The van der Waals surface area contributed by atoms with E-state index in [0.29, 0.717) is 6.04 Å². The molecule has 1 aliphatic rings. The van der Waals surface area contributed by atoms with Crippen molar-refractivity contribution in [1.82, 2.24) is 10.2 Å². The van der Waals surface area contributed by atoms with Crippen molar-refractivity contribution in [2.75, 3.05) is 13.1 Å². The Bertz CT molecular complexity index is 417. The van der Waals surface area contributed by atoms with Crippen molar-refractivity contribution in [1.29, 1.82) is 0 Å². The van der Waals surface area contributed by atoms with Crippen molar-refractivity contribution >= 4 is 0 Å². The average molecular weight is 264 g/mol. The molecule has 2 rings (SSSR count). The van der Waals surface area contributed by atoms with Crippen molar-refractivity contribution in [2.45, 2.75) is 46.3 Å². The van der Waals surface area contributed by atoms with E-state index in [0.717, 1.165) is 43.2 Å². The first-order chi connectivity index (χ1) is 9.04. The van der Waals surface area contributed by atoms with Gasteiger partial charge in [-0.1, -0.05) is 32.9 Å². The molecule has 1 saturated heterocycles. The van der Waals surface area contributed by atoms with Gasteiger partial charge in [0, 0.05) is 31.2 Å². The lowest BCUT2D eigenvalue weighted by Crippen LogP contribution is -2.23. The highest BCUT2D eigenvalue weighted by atomic mass is 19.1. The number of hydrogen-bond donors (Lipinski definition) is 1. The molecule has 0 radical (unpaired) electrons. The van der Waals surface area contributed by atoms with Crippen LogP contribution in [0.1, 0.15) is 38.3 Å². The van der Waals surface area contributed by atoms with Gasteiger partial charge in [0.05, 0.1) is 0 Å². The van der Waals surface area contributed by atoms with E-state index < -0.39 is 0 Å². The van der Waals surface area contributed by atoms with Crippen LogP contribution in [-0.2, 0) is 13.1 Å². The maximum atomic E-state index is 13.9. The zero-order chi connectivity index (χ0) is 13.8. The second kappa shape index (κ2) is 6.49. The maximum Gasteiger partial charge on any atom is 0.127 e. The van der Waals surface area contributed by atoms with Gasteiger partial charge in [-0.3, -0.25) is 4.90 Å². The molecule has 0 bridgehead atoms. The van der Waals surface area contributed by atoms with Crippen molar-refractivity contribution in [3.05, 3.63) is 35.1 Å². The molecule has 0 saturated carbocycles. The van der Waals surface area contributed by atoms with E-state index in [1.54, 1.807) is 6.07 Å². The van der Waals surface area contributed by atoms with E-state index in [1.165, 1.54) is 6.42 Å². The second-order valence-corrected chi connectivity index (χ2v) is 6.09. The fourth-order valence-corrected chi connectivity index (χ4v) is 2.59. The summed E-state index contributed by atoms with van der Waals surface area (Å²) in [6, 6.07) is 5.94. The number of nitrogens with one attached hydrogen (secondary N) is 1. The molecule has 1 unspecified atom stereocenters. The third-order valence-electron chi connectivity index (χ3n) is 3.73. The van der Waals surface area contributed by atoms with Crippen LogP contribution in [0.2, 0.25) is 0 Å². The molecule has 0 aromatic heterocycles. The molecule has 1 atom stereocenters. The quantitative estimate of drug-likeness (QED) is 0.879. The van der Waals surface area contributed by atoms with Crippen LogP contribution < -0.4 is 5.32 Å². The third-order valence-corrected chi connectivity index (χ3v) is 3.73. The third kappa shape index (κ3) is 4.29. The van der Waals surface area contributed by atoms with E-state index in [1.807, 2.05) is 12.1 Å². The van der Waals surface area contributed by atoms with Crippen LogP contribution in [0, 0.1) is 11.7 Å². The Labute approximate surface area is 116 Å². The molecule has 1 aliphatic heterocycles. The highest BCUT2D eigenvalue weighted by Crippen LogP contribution is 2.20. The van der Waals surface area contributed by atoms with Crippen molar-refractivity contribution in [3.8, 4) is 0 Å². The van der Waals surface area contributed by atoms with Gasteiger partial charge in [-0.25, -0.2) is 4.39 Å². The smallest absolute Gasteiger partial charge is 0.127 e. The number of halogens is 1. The van der Waals surface area contributed by atoms with Gasteiger partial charge in [-0.2, -0.15) is 0 Å². The first-order valence-electron chi connectivity index (χ1n) is 7.27. The Morgan fingerprint density at radius 3 is 2.84 bits per heavy atom. The summed E-state index contributed by atoms with van der Waals surface area (Å²) < 4.78 is 13.9. The maximum absolute atomic E-state index is 13.9. The summed E-state index contributed by atoms with van der Waals surface area (Å²) in [7, 11) is 0. The largest absolute Gasteiger partial charge is 0.310 e. The predicted molar refractivity (Wildman–Crippen MR) is 77.4 cm³/mol. The van der Waals surface area contributed by atoms with Crippen LogP contribution in [0.25, 0.3) is 0 Å². The monoisotopic (exact) mass is 264 g/mol. The summed E-state index contributed by atoms with van der Waals surface area (Å²) in [6.07, 6.45) is 1.23. The number of nitrogens with zero attached hydrogens (tertiary/aromatic N) is 1. The van der Waals surface area contributed by atoms with Gasteiger partial charge < -0.3 is 5.32 Å². The molecule has 106 valence electrons. The zero-order valence-electron chi connectivity index (χ0n) is 12.2. The molecule has 1 heterocycles. The molecular formula is C16H25FN2. The lowest BCUT2D eigenvalue weighted by Gasteiger charge is -2.17. The van der Waals surface area contributed by atoms with E-state index >= 15 is 0 Å². The van der Waals surface area contributed by atoms with E-state index in [2.05, 4.69) is 31.0 Å². The molecule has 19 heavy (non-hydrogen) atoms. The molecule has 1 aromatic rings. The fourth-order valence-electron chi connectivity index (χ4n) is 2.59. The summed E-state index contributed by atoms with van der Waals surface area (Å²) in [6.45, 7) is 10.2. The second-order valence-electron chi connectivity index (χ2n) is 6.09. The normalized spacial score (nSPS) is 20.4. The molecule has 0 spiro atoms. The molecule has 1 N–H and O–H groups in total. The lowest BCUT2D eigenvalue weighted by molar-refractivity contribution is 0.315. The molecule has 1 aromatic carbocycles. The minimum absolute atomic E-state index is 0.0761. The summed E-state index contributed by atoms with van der Waals surface area (Å²) in [5.74, 6) is 0.668. The molecule has 0 aliphatic carbocycles. The number of likely N-dealkylation sites (tertiary alicyclic amines) is 1. The Hall–Kier alpha value is -0.930. The molecular weight excluding hydrogens is 239 g/mol. The van der Waals surface area contributed by atoms with E-state index in [-0.39, 0.29) is 5.82 Å². The first-order valence-corrected chi connectivity index (χ1v) is 7.27. The highest BCUT2D eigenvalue weighted by Gasteiger charge is 2.19. The van der Waals surface area contributed by atoms with Gasteiger partial charge in [0.15, 0.2) is 0 Å². The van der Waals surface area contributed by atoms with Gasteiger partial charge >= 0.3 is 0 Å². The first kappa shape index (κ1) is 14.5. The Kier molecular flexibility index (Phi) is 4.94. The Morgan fingerprint density at radius 2 is 2.21 bits per heavy atom. The van der Waals surface area contributed by atoms with Crippen molar-refractivity contribution < 1.29 is 4.39 Å². The van der Waals surface area contributed by atoms with Gasteiger partial charge in [0.2, 0.25) is 0 Å². The summed E-state index contributed by atoms with van der Waals surface area (Å²) in [4.78, 5) is 2.35. The fraction of sp³-hybridized carbons (Fsp3) is 0.625. The molecule has 0 amide bonds. The van der Waals surface area contributed by atoms with Gasteiger partial charge in [-0.15, -0.1) is 0 Å². The van der Waals surface area contributed by atoms with Crippen LogP contribution in [0.15, 0.2) is 18.2 Å². The van der Waals surface area contributed by atoms with Gasteiger partial charge in [0.1, 0.15) is 5.82 Å². The van der Waals surface area contributed by atoms with E-state index in [9.17, 15) is 4.39 Å². The predicted octanol–water partition coefficient (Wildman–Crippen LogP) is 3.17. The number of benzene rings is 1. The minimum Gasteiger partial charge on any atom is -0.310 e. The minimum atomic E-state index is -0.0761. The molecule has 1 fully saturated rings. The van der Waals surface area contributed by atoms with Crippen molar-refractivity contribution in [3.63, 3.8) is 0 Å². The number of hydrogen-bond acceptors (Lipinski definition) is 2. The molecule has 3 heteroatoms. The summed E-state index contributed by atoms with van der Waals surface area (Å²) in [5, 5.41) is 3.37. The van der Waals surface area contributed by atoms with Crippen molar-refractivity contribution in [2.24, 2.45) is 5.92 Å². The zero-order valence-corrected chi connectivity index (χ0v) is 12.2. The van der Waals surface area contributed by atoms with E-state index in [4.69, 9.17) is 0 Å². The average Bonchev–Trinajstić information content (AvgIpc) is 2.76. The van der Waals surface area contributed by atoms with Gasteiger partial charge in [0.25, 0.3) is 0 Å². The molecule has 2 nitrogen and oxygen atoms in total. The van der Waals surface area contributed by atoms with Crippen LogP contribution in [0.5, 0.6) is 0 Å².